The second-order valence-electron chi connectivity index (χ2n) is 7.39. The molecule has 0 bridgehead atoms. The van der Waals surface area contributed by atoms with Crippen LogP contribution in [0.3, 0.4) is 0 Å². The molecular formula is C20H28N4. The number of aromatic nitrogens is 2. The minimum Gasteiger partial charge on any atom is -0.337 e. The quantitative estimate of drug-likeness (QED) is 0.938. The molecule has 0 saturated carbocycles. The van der Waals surface area contributed by atoms with Gasteiger partial charge in [0.05, 0.1) is 6.54 Å². The molecule has 2 heterocycles. The first-order valence-corrected chi connectivity index (χ1v) is 9.23. The summed E-state index contributed by atoms with van der Waals surface area (Å²) in [5, 5.41) is 3.78. The van der Waals surface area contributed by atoms with E-state index in [4.69, 9.17) is 0 Å². The molecule has 1 atom stereocenters. The normalized spacial score (nSPS) is 22.8. The molecule has 128 valence electrons. The standard InChI is InChI=1S/C20H28N4/c1-3-24-11-8-20(9-12-24)14-18(16-6-4-5-7-17(16)20)22-15-19-21-10-13-23(19)2/h4-7,10,13,18,22H,3,8-9,11-12,14-15H2,1-2H3/t18-/m1/s1. The molecule has 4 rings (SSSR count). The van der Waals surface area contributed by atoms with Crippen molar-refractivity contribution >= 4 is 0 Å². The summed E-state index contributed by atoms with van der Waals surface area (Å²) in [6.07, 6.45) is 7.70. The number of piperidine rings is 1. The van der Waals surface area contributed by atoms with Crippen LogP contribution in [0.2, 0.25) is 0 Å². The highest BCUT2D eigenvalue weighted by Crippen LogP contribution is 2.50. The molecule has 2 aliphatic rings. The van der Waals surface area contributed by atoms with Crippen molar-refractivity contribution in [3.8, 4) is 0 Å². The molecule has 1 fully saturated rings. The van der Waals surface area contributed by atoms with Gasteiger partial charge in [-0.15, -0.1) is 0 Å². The fourth-order valence-electron chi connectivity index (χ4n) is 4.63. The third kappa shape index (κ3) is 2.68. The van der Waals surface area contributed by atoms with Gasteiger partial charge < -0.3 is 14.8 Å². The third-order valence-electron chi connectivity index (χ3n) is 6.19. The van der Waals surface area contributed by atoms with Crippen molar-refractivity contribution in [2.75, 3.05) is 19.6 Å². The molecule has 1 saturated heterocycles. The van der Waals surface area contributed by atoms with Gasteiger partial charge in [-0.05, 0) is 55.4 Å². The van der Waals surface area contributed by atoms with Crippen LogP contribution in [0.5, 0.6) is 0 Å². The topological polar surface area (TPSA) is 33.1 Å². The van der Waals surface area contributed by atoms with E-state index < -0.39 is 0 Å². The van der Waals surface area contributed by atoms with E-state index in [-0.39, 0.29) is 0 Å². The Hall–Kier alpha value is -1.65. The van der Waals surface area contributed by atoms with Crippen molar-refractivity contribution in [2.45, 2.75) is 44.2 Å². The highest BCUT2D eigenvalue weighted by atomic mass is 15.1. The van der Waals surface area contributed by atoms with Crippen molar-refractivity contribution in [3.05, 3.63) is 53.6 Å². The summed E-state index contributed by atoms with van der Waals surface area (Å²) in [5.74, 6) is 1.11. The van der Waals surface area contributed by atoms with Gasteiger partial charge in [0.15, 0.2) is 0 Å². The molecule has 1 N–H and O–H groups in total. The van der Waals surface area contributed by atoms with Crippen LogP contribution in [0.1, 0.15) is 49.2 Å². The molecule has 1 aliphatic carbocycles. The number of likely N-dealkylation sites (tertiary alicyclic amines) is 1. The average Bonchev–Trinajstić information content (AvgIpc) is 3.16. The van der Waals surface area contributed by atoms with E-state index in [1.165, 1.54) is 44.5 Å². The van der Waals surface area contributed by atoms with Crippen molar-refractivity contribution < 1.29 is 0 Å². The predicted molar refractivity (Wildman–Crippen MR) is 96.9 cm³/mol. The second kappa shape index (κ2) is 6.34. The lowest BCUT2D eigenvalue weighted by molar-refractivity contribution is 0.158. The zero-order valence-corrected chi connectivity index (χ0v) is 14.8. The summed E-state index contributed by atoms with van der Waals surface area (Å²) >= 11 is 0. The maximum absolute atomic E-state index is 4.45. The number of benzene rings is 1. The Bertz CT molecular complexity index is 697. The molecule has 2 aromatic rings. The molecule has 24 heavy (non-hydrogen) atoms. The third-order valence-corrected chi connectivity index (χ3v) is 6.19. The van der Waals surface area contributed by atoms with Crippen LogP contribution in [0, 0.1) is 0 Å². The lowest BCUT2D eigenvalue weighted by atomic mass is 9.73. The number of hydrogen-bond donors (Lipinski definition) is 1. The first-order valence-electron chi connectivity index (χ1n) is 9.23. The first kappa shape index (κ1) is 15.9. The van der Waals surface area contributed by atoms with Crippen LogP contribution in [0.4, 0.5) is 0 Å². The Morgan fingerprint density at radius 2 is 2.04 bits per heavy atom. The van der Waals surface area contributed by atoms with E-state index in [1.54, 1.807) is 5.56 Å². The van der Waals surface area contributed by atoms with Crippen molar-refractivity contribution in [1.29, 1.82) is 0 Å². The van der Waals surface area contributed by atoms with E-state index >= 15 is 0 Å². The Labute approximate surface area is 144 Å². The van der Waals surface area contributed by atoms with Crippen LogP contribution in [0.25, 0.3) is 0 Å². The minimum absolute atomic E-state index is 0.377. The van der Waals surface area contributed by atoms with Gasteiger partial charge in [0.1, 0.15) is 5.82 Å². The molecule has 0 radical (unpaired) electrons. The fourth-order valence-corrected chi connectivity index (χ4v) is 4.63. The maximum atomic E-state index is 4.45. The SMILES string of the molecule is CCN1CCC2(CC1)C[C@@H](NCc1nccn1C)c1ccccc12. The van der Waals surface area contributed by atoms with Gasteiger partial charge in [-0.1, -0.05) is 31.2 Å². The number of rotatable bonds is 4. The zero-order valence-electron chi connectivity index (χ0n) is 14.8. The summed E-state index contributed by atoms with van der Waals surface area (Å²) in [6, 6.07) is 9.56. The molecule has 0 unspecified atom stereocenters. The number of fused-ring (bicyclic) bond motifs is 2. The monoisotopic (exact) mass is 324 g/mol. The Morgan fingerprint density at radius 3 is 2.75 bits per heavy atom. The van der Waals surface area contributed by atoms with Crippen molar-refractivity contribution in [2.24, 2.45) is 7.05 Å². The molecule has 0 amide bonds. The van der Waals surface area contributed by atoms with Crippen LogP contribution < -0.4 is 5.32 Å². The minimum atomic E-state index is 0.377. The number of aryl methyl sites for hydroxylation is 1. The molecule has 4 nitrogen and oxygen atoms in total. The Morgan fingerprint density at radius 1 is 1.25 bits per heavy atom. The summed E-state index contributed by atoms with van der Waals surface area (Å²) < 4.78 is 2.10. The zero-order chi connectivity index (χ0) is 16.6. The average molecular weight is 324 g/mol. The van der Waals surface area contributed by atoms with Gasteiger partial charge >= 0.3 is 0 Å². The lowest BCUT2D eigenvalue weighted by Crippen LogP contribution is -2.41. The van der Waals surface area contributed by atoms with Crippen LogP contribution in [-0.4, -0.2) is 34.1 Å². The predicted octanol–water partition coefficient (Wildman–Crippen LogP) is 3.01. The Balaban J connectivity index is 1.54. The van der Waals surface area contributed by atoms with Gasteiger partial charge in [-0.2, -0.15) is 0 Å². The number of imidazole rings is 1. The molecule has 1 aromatic carbocycles. The first-order chi connectivity index (χ1) is 11.7. The Kier molecular flexibility index (Phi) is 4.19. The van der Waals surface area contributed by atoms with Gasteiger partial charge in [0.2, 0.25) is 0 Å². The number of nitrogens with one attached hydrogen (secondary N) is 1. The van der Waals surface area contributed by atoms with Crippen LogP contribution in [0.15, 0.2) is 36.7 Å². The molecule has 1 spiro atoms. The smallest absolute Gasteiger partial charge is 0.122 e. The summed E-state index contributed by atoms with van der Waals surface area (Å²) in [4.78, 5) is 7.04. The molecule has 4 heteroatoms. The fraction of sp³-hybridized carbons (Fsp3) is 0.550. The number of hydrogen-bond acceptors (Lipinski definition) is 3. The van der Waals surface area contributed by atoms with E-state index in [1.807, 2.05) is 12.4 Å². The van der Waals surface area contributed by atoms with Gasteiger partial charge in [0.25, 0.3) is 0 Å². The van der Waals surface area contributed by atoms with Crippen molar-refractivity contribution in [3.63, 3.8) is 0 Å². The van der Waals surface area contributed by atoms with Gasteiger partial charge in [-0.25, -0.2) is 4.98 Å². The van der Waals surface area contributed by atoms with E-state index in [0.29, 0.717) is 11.5 Å². The van der Waals surface area contributed by atoms with E-state index in [2.05, 4.69) is 58.0 Å². The summed E-state index contributed by atoms with van der Waals surface area (Å²) in [5.41, 5.74) is 3.48. The van der Waals surface area contributed by atoms with Gasteiger partial charge in [-0.3, -0.25) is 0 Å². The largest absolute Gasteiger partial charge is 0.337 e. The van der Waals surface area contributed by atoms with E-state index in [9.17, 15) is 0 Å². The maximum Gasteiger partial charge on any atom is 0.122 e. The van der Waals surface area contributed by atoms with Crippen molar-refractivity contribution in [1.82, 2.24) is 19.8 Å². The van der Waals surface area contributed by atoms with E-state index in [0.717, 1.165) is 12.4 Å². The van der Waals surface area contributed by atoms with Crippen LogP contribution >= 0.6 is 0 Å². The number of nitrogens with zero attached hydrogens (tertiary/aromatic N) is 3. The lowest BCUT2D eigenvalue weighted by Gasteiger charge is -2.40. The highest BCUT2D eigenvalue weighted by Gasteiger charge is 2.44. The second-order valence-corrected chi connectivity index (χ2v) is 7.39. The van der Waals surface area contributed by atoms with Crippen LogP contribution in [-0.2, 0) is 19.0 Å². The molecule has 1 aliphatic heterocycles. The molecular weight excluding hydrogens is 296 g/mol. The summed E-state index contributed by atoms with van der Waals surface area (Å²) in [7, 11) is 2.06. The molecule has 1 aromatic heterocycles. The highest BCUT2D eigenvalue weighted by molar-refractivity contribution is 5.42. The summed E-state index contributed by atoms with van der Waals surface area (Å²) in [6.45, 7) is 6.75. The van der Waals surface area contributed by atoms with Gasteiger partial charge in [0, 0.05) is 25.5 Å².